The average Bonchev–Trinajstić information content (AvgIpc) is 3.12. The van der Waals surface area contributed by atoms with Crippen molar-refractivity contribution in [3.63, 3.8) is 0 Å². The number of ether oxygens (including phenoxy) is 2. The maximum absolute atomic E-state index is 12.3. The molecule has 162 valence electrons. The van der Waals surface area contributed by atoms with Gasteiger partial charge in [0.1, 0.15) is 5.60 Å². The zero-order valence-electron chi connectivity index (χ0n) is 18.9. The van der Waals surface area contributed by atoms with E-state index in [4.69, 9.17) is 18.8 Å². The summed E-state index contributed by atoms with van der Waals surface area (Å²) in [5.41, 5.74) is -0.547. The van der Waals surface area contributed by atoms with Crippen molar-refractivity contribution in [3.8, 4) is 5.88 Å². The Bertz CT molecular complexity index is 732. The Hall–Kier alpha value is -1.74. The zero-order valence-corrected chi connectivity index (χ0v) is 18.9. The Kier molecular flexibility index (Phi) is 5.68. The molecular formula is C20H34BN3O5. The van der Waals surface area contributed by atoms with Crippen molar-refractivity contribution in [1.29, 1.82) is 0 Å². The minimum Gasteiger partial charge on any atom is -0.480 e. The van der Waals surface area contributed by atoms with E-state index in [2.05, 4.69) is 5.10 Å². The molecule has 0 aromatic carbocycles. The second-order valence-electron chi connectivity index (χ2n) is 9.86. The summed E-state index contributed by atoms with van der Waals surface area (Å²) < 4.78 is 25.2. The van der Waals surface area contributed by atoms with Crippen LogP contribution in [0.15, 0.2) is 6.20 Å². The topological polar surface area (TPSA) is 75.1 Å². The highest BCUT2D eigenvalue weighted by molar-refractivity contribution is 6.63. The van der Waals surface area contributed by atoms with Crippen molar-refractivity contribution in [2.45, 2.75) is 84.2 Å². The Labute approximate surface area is 173 Å². The van der Waals surface area contributed by atoms with Crippen LogP contribution in [-0.4, -0.2) is 64.9 Å². The average molecular weight is 407 g/mol. The van der Waals surface area contributed by atoms with Crippen LogP contribution in [-0.2, 0) is 14.0 Å². The third-order valence-corrected chi connectivity index (χ3v) is 5.92. The van der Waals surface area contributed by atoms with E-state index in [1.165, 1.54) is 0 Å². The van der Waals surface area contributed by atoms with Crippen molar-refractivity contribution in [1.82, 2.24) is 14.7 Å². The lowest BCUT2D eigenvalue weighted by Gasteiger charge is -2.33. The number of likely N-dealkylation sites (tertiary alicyclic amines) is 1. The molecule has 1 aromatic rings. The molecule has 2 aliphatic rings. The van der Waals surface area contributed by atoms with Crippen LogP contribution in [0.25, 0.3) is 0 Å². The number of methoxy groups -OCH3 is 1. The fourth-order valence-corrected chi connectivity index (χ4v) is 3.51. The normalized spacial score (nSPS) is 22.1. The summed E-state index contributed by atoms with van der Waals surface area (Å²) >= 11 is 0. The fourth-order valence-electron chi connectivity index (χ4n) is 3.51. The lowest BCUT2D eigenvalue weighted by atomic mass is 9.81. The highest BCUT2D eigenvalue weighted by atomic mass is 16.7. The molecule has 0 atom stereocenters. The van der Waals surface area contributed by atoms with Crippen molar-refractivity contribution in [3.05, 3.63) is 6.20 Å². The molecule has 0 aliphatic carbocycles. The summed E-state index contributed by atoms with van der Waals surface area (Å²) in [6.45, 7) is 15.0. The molecule has 2 fully saturated rings. The molecule has 2 aliphatic heterocycles. The van der Waals surface area contributed by atoms with E-state index in [9.17, 15) is 4.79 Å². The van der Waals surface area contributed by atoms with Crippen molar-refractivity contribution in [2.24, 2.45) is 0 Å². The molecule has 0 N–H and O–H groups in total. The Morgan fingerprint density at radius 3 is 2.21 bits per heavy atom. The first-order valence-electron chi connectivity index (χ1n) is 10.3. The molecule has 0 radical (unpaired) electrons. The van der Waals surface area contributed by atoms with Crippen LogP contribution in [0.1, 0.15) is 67.3 Å². The van der Waals surface area contributed by atoms with Gasteiger partial charge in [0.2, 0.25) is 5.88 Å². The van der Waals surface area contributed by atoms with Gasteiger partial charge in [-0.05, 0) is 61.3 Å². The molecule has 3 heterocycles. The number of carbonyl (C=O) groups is 1. The maximum Gasteiger partial charge on any atom is 0.502 e. The van der Waals surface area contributed by atoms with Crippen molar-refractivity contribution < 1.29 is 23.6 Å². The van der Waals surface area contributed by atoms with E-state index in [1.54, 1.807) is 12.0 Å². The molecule has 1 amide bonds. The quantitative estimate of drug-likeness (QED) is 0.718. The molecule has 1 aromatic heterocycles. The van der Waals surface area contributed by atoms with E-state index in [-0.39, 0.29) is 12.1 Å². The van der Waals surface area contributed by atoms with Gasteiger partial charge in [0.05, 0.1) is 29.8 Å². The standard InChI is InChI=1S/C20H34BN3O5/c1-18(2,3)27-17(25)23-11-9-14(10-12-23)24-13-15(16(22-24)26-8)21-28-19(4,5)20(6,7)29-21/h13-14H,9-12H2,1-8H3. The van der Waals surface area contributed by atoms with E-state index in [0.29, 0.717) is 19.0 Å². The van der Waals surface area contributed by atoms with E-state index in [0.717, 1.165) is 18.3 Å². The van der Waals surface area contributed by atoms with E-state index < -0.39 is 23.9 Å². The van der Waals surface area contributed by atoms with Crippen LogP contribution in [0.3, 0.4) is 0 Å². The Morgan fingerprint density at radius 2 is 1.72 bits per heavy atom. The van der Waals surface area contributed by atoms with Gasteiger partial charge in [-0.3, -0.25) is 4.68 Å². The van der Waals surface area contributed by atoms with Crippen LogP contribution in [0.4, 0.5) is 4.79 Å². The Morgan fingerprint density at radius 1 is 1.17 bits per heavy atom. The molecule has 0 saturated carbocycles. The zero-order chi connectivity index (χ0) is 21.6. The van der Waals surface area contributed by atoms with Gasteiger partial charge in [0.15, 0.2) is 0 Å². The number of hydrogen-bond acceptors (Lipinski definition) is 6. The predicted molar refractivity (Wildman–Crippen MR) is 111 cm³/mol. The van der Waals surface area contributed by atoms with Gasteiger partial charge in [-0.25, -0.2) is 4.79 Å². The van der Waals surface area contributed by atoms with Gasteiger partial charge in [-0.15, -0.1) is 5.10 Å². The molecule has 3 rings (SSSR count). The molecule has 8 nitrogen and oxygen atoms in total. The third-order valence-electron chi connectivity index (χ3n) is 5.92. The lowest BCUT2D eigenvalue weighted by molar-refractivity contribution is 0.00578. The summed E-state index contributed by atoms with van der Waals surface area (Å²) in [7, 11) is 1.08. The van der Waals surface area contributed by atoms with Gasteiger partial charge in [0, 0.05) is 19.3 Å². The summed E-state index contributed by atoms with van der Waals surface area (Å²) in [6, 6.07) is 0.179. The molecule has 0 bridgehead atoms. The van der Waals surface area contributed by atoms with Crippen LogP contribution in [0, 0.1) is 0 Å². The summed E-state index contributed by atoms with van der Waals surface area (Å²) in [6.07, 6.45) is 3.29. The van der Waals surface area contributed by atoms with Crippen LogP contribution >= 0.6 is 0 Å². The van der Waals surface area contributed by atoms with Crippen molar-refractivity contribution in [2.75, 3.05) is 20.2 Å². The van der Waals surface area contributed by atoms with Crippen LogP contribution < -0.4 is 10.2 Å². The predicted octanol–water partition coefficient (Wildman–Crippen LogP) is 2.76. The number of aromatic nitrogens is 2. The van der Waals surface area contributed by atoms with Crippen molar-refractivity contribution >= 4 is 18.7 Å². The highest BCUT2D eigenvalue weighted by Crippen LogP contribution is 2.37. The lowest BCUT2D eigenvalue weighted by Crippen LogP contribution is -2.42. The Balaban J connectivity index is 1.69. The van der Waals surface area contributed by atoms with Crippen LogP contribution in [0.2, 0.25) is 0 Å². The molecule has 29 heavy (non-hydrogen) atoms. The van der Waals surface area contributed by atoms with Gasteiger partial charge >= 0.3 is 13.2 Å². The molecular weight excluding hydrogens is 373 g/mol. The molecule has 9 heteroatoms. The minimum absolute atomic E-state index is 0.179. The molecule has 0 spiro atoms. The monoisotopic (exact) mass is 407 g/mol. The number of hydrogen-bond donors (Lipinski definition) is 0. The summed E-state index contributed by atoms with van der Waals surface area (Å²) in [4.78, 5) is 14.0. The first-order chi connectivity index (χ1) is 13.3. The molecule has 0 unspecified atom stereocenters. The van der Waals surface area contributed by atoms with Gasteiger partial charge < -0.3 is 23.7 Å². The first kappa shape index (κ1) is 22.0. The minimum atomic E-state index is -0.523. The van der Waals surface area contributed by atoms with E-state index >= 15 is 0 Å². The maximum atomic E-state index is 12.3. The third kappa shape index (κ3) is 4.56. The largest absolute Gasteiger partial charge is 0.502 e. The second kappa shape index (κ2) is 7.50. The smallest absolute Gasteiger partial charge is 0.480 e. The summed E-state index contributed by atoms with van der Waals surface area (Å²) in [5.74, 6) is 0.512. The van der Waals surface area contributed by atoms with E-state index in [1.807, 2.05) is 59.3 Å². The number of carbonyl (C=O) groups excluding carboxylic acids is 1. The number of nitrogens with zero attached hydrogens (tertiary/aromatic N) is 3. The molecule has 2 saturated heterocycles. The number of rotatable bonds is 3. The fraction of sp³-hybridized carbons (Fsp3) is 0.800. The highest BCUT2D eigenvalue weighted by Gasteiger charge is 2.53. The number of amides is 1. The van der Waals surface area contributed by atoms with Gasteiger partial charge in [-0.2, -0.15) is 0 Å². The van der Waals surface area contributed by atoms with Gasteiger partial charge in [-0.1, -0.05) is 0 Å². The van der Waals surface area contributed by atoms with Crippen LogP contribution in [0.5, 0.6) is 5.88 Å². The summed E-state index contributed by atoms with van der Waals surface area (Å²) in [5, 5.41) is 4.62. The second-order valence-corrected chi connectivity index (χ2v) is 9.86. The van der Waals surface area contributed by atoms with Gasteiger partial charge in [0.25, 0.3) is 0 Å². The first-order valence-corrected chi connectivity index (χ1v) is 10.3. The SMILES string of the molecule is COc1nn(C2CCN(C(=O)OC(C)(C)C)CC2)cc1B1OC(C)(C)C(C)(C)O1. The number of piperidine rings is 1.